The highest BCUT2D eigenvalue weighted by molar-refractivity contribution is 5.69. The van der Waals surface area contributed by atoms with E-state index < -0.39 is 0 Å². The third-order valence-corrected chi connectivity index (χ3v) is 4.34. The van der Waals surface area contributed by atoms with Crippen LogP contribution >= 0.6 is 0 Å². The molecule has 0 amide bonds. The van der Waals surface area contributed by atoms with Crippen LogP contribution in [-0.4, -0.2) is 52.7 Å². The molecular formula is C17H20N6. The van der Waals surface area contributed by atoms with Gasteiger partial charge in [0.05, 0.1) is 23.8 Å². The first-order chi connectivity index (χ1) is 11.2. The molecule has 2 N–H and O–H groups in total. The van der Waals surface area contributed by atoms with Gasteiger partial charge in [-0.2, -0.15) is 5.10 Å². The van der Waals surface area contributed by atoms with Gasteiger partial charge in [-0.25, -0.2) is 9.50 Å². The molecule has 0 aliphatic carbocycles. The number of rotatable bonds is 2. The third-order valence-electron chi connectivity index (χ3n) is 4.34. The highest BCUT2D eigenvalue weighted by Gasteiger charge is 2.15. The molecule has 0 saturated carbocycles. The van der Waals surface area contributed by atoms with Crippen LogP contribution < -0.4 is 10.6 Å². The van der Waals surface area contributed by atoms with Gasteiger partial charge in [-0.15, -0.1) is 0 Å². The number of anilines is 2. The smallest absolute Gasteiger partial charge is 0.155 e. The van der Waals surface area contributed by atoms with Gasteiger partial charge in [0, 0.05) is 43.5 Å². The summed E-state index contributed by atoms with van der Waals surface area (Å²) in [5.74, 6) is 0. The standard InChI is InChI=1S/C17H20N6/c1-21-5-7-22(8-6-21)15-4-2-3-13(9-15)16-10-17-19-11-14(18)12-23(17)20-16/h2-4,9-12H,5-8,18H2,1H3. The number of benzene rings is 1. The lowest BCUT2D eigenvalue weighted by molar-refractivity contribution is 0.313. The van der Waals surface area contributed by atoms with Crippen LogP contribution in [0.1, 0.15) is 0 Å². The van der Waals surface area contributed by atoms with E-state index >= 15 is 0 Å². The molecule has 6 heteroatoms. The highest BCUT2D eigenvalue weighted by atomic mass is 15.3. The Balaban J connectivity index is 1.67. The minimum atomic E-state index is 0.610. The summed E-state index contributed by atoms with van der Waals surface area (Å²) >= 11 is 0. The zero-order valence-corrected chi connectivity index (χ0v) is 13.2. The zero-order chi connectivity index (χ0) is 15.8. The Hall–Kier alpha value is -2.60. The molecule has 0 radical (unpaired) electrons. The van der Waals surface area contributed by atoms with Crippen LogP contribution in [0.15, 0.2) is 42.7 Å². The van der Waals surface area contributed by atoms with Crippen molar-refractivity contribution in [3.05, 3.63) is 42.7 Å². The summed E-state index contributed by atoms with van der Waals surface area (Å²) in [5, 5.41) is 4.59. The van der Waals surface area contributed by atoms with Crippen LogP contribution in [-0.2, 0) is 0 Å². The average Bonchev–Trinajstić information content (AvgIpc) is 2.99. The van der Waals surface area contributed by atoms with Crippen molar-refractivity contribution in [3.8, 4) is 11.3 Å². The molecule has 0 unspecified atom stereocenters. The fourth-order valence-corrected chi connectivity index (χ4v) is 2.96. The topological polar surface area (TPSA) is 62.7 Å². The quantitative estimate of drug-likeness (QED) is 0.781. The number of hydrogen-bond donors (Lipinski definition) is 1. The minimum Gasteiger partial charge on any atom is -0.396 e. The van der Waals surface area contributed by atoms with Crippen molar-refractivity contribution in [2.75, 3.05) is 43.9 Å². The number of piperazine rings is 1. The van der Waals surface area contributed by atoms with Crippen molar-refractivity contribution < 1.29 is 0 Å². The summed E-state index contributed by atoms with van der Waals surface area (Å²) in [7, 11) is 2.17. The van der Waals surface area contributed by atoms with E-state index in [-0.39, 0.29) is 0 Å². The van der Waals surface area contributed by atoms with Gasteiger partial charge in [-0.05, 0) is 19.2 Å². The summed E-state index contributed by atoms with van der Waals surface area (Å²) in [6.45, 7) is 4.32. The zero-order valence-electron chi connectivity index (χ0n) is 13.2. The molecule has 4 rings (SSSR count). The SMILES string of the molecule is CN1CCN(c2cccc(-c3cc4ncc(N)cn4n3)c2)CC1. The lowest BCUT2D eigenvalue weighted by atomic mass is 10.1. The summed E-state index contributed by atoms with van der Waals surface area (Å²) in [6, 6.07) is 10.5. The number of hydrogen-bond acceptors (Lipinski definition) is 5. The Labute approximate surface area is 135 Å². The number of aromatic nitrogens is 3. The molecule has 1 aliphatic rings. The number of likely N-dealkylation sites (N-methyl/N-ethyl adjacent to an activating group) is 1. The maximum absolute atomic E-state index is 5.77. The number of nitrogen functional groups attached to an aromatic ring is 1. The molecule has 6 nitrogen and oxygen atoms in total. The summed E-state index contributed by atoms with van der Waals surface area (Å²) < 4.78 is 1.73. The second-order valence-electron chi connectivity index (χ2n) is 6.06. The molecule has 1 aliphatic heterocycles. The van der Waals surface area contributed by atoms with E-state index in [2.05, 4.69) is 51.2 Å². The van der Waals surface area contributed by atoms with E-state index in [1.807, 2.05) is 6.07 Å². The average molecular weight is 308 g/mol. The van der Waals surface area contributed by atoms with Gasteiger partial charge in [0.25, 0.3) is 0 Å². The summed E-state index contributed by atoms with van der Waals surface area (Å²) in [6.07, 6.45) is 3.44. The molecular weight excluding hydrogens is 288 g/mol. The molecule has 1 fully saturated rings. The lowest BCUT2D eigenvalue weighted by Gasteiger charge is -2.34. The maximum atomic E-state index is 5.77. The molecule has 2 aromatic heterocycles. The van der Waals surface area contributed by atoms with Gasteiger partial charge >= 0.3 is 0 Å². The van der Waals surface area contributed by atoms with E-state index in [4.69, 9.17) is 5.73 Å². The Morgan fingerprint density at radius 1 is 1.09 bits per heavy atom. The third kappa shape index (κ3) is 2.73. The lowest BCUT2D eigenvalue weighted by Crippen LogP contribution is -2.44. The predicted octanol–water partition coefficient (Wildman–Crippen LogP) is 1.73. The first-order valence-corrected chi connectivity index (χ1v) is 7.84. The second kappa shape index (κ2) is 5.55. The normalized spacial score (nSPS) is 16.1. The van der Waals surface area contributed by atoms with E-state index in [1.54, 1.807) is 16.9 Å². The summed E-state index contributed by atoms with van der Waals surface area (Å²) in [5.41, 5.74) is 10.5. The van der Waals surface area contributed by atoms with E-state index in [0.717, 1.165) is 43.1 Å². The van der Waals surface area contributed by atoms with Crippen molar-refractivity contribution in [2.24, 2.45) is 0 Å². The molecule has 3 aromatic rings. The van der Waals surface area contributed by atoms with Crippen LogP contribution in [0.25, 0.3) is 16.9 Å². The molecule has 23 heavy (non-hydrogen) atoms. The largest absolute Gasteiger partial charge is 0.396 e. The van der Waals surface area contributed by atoms with Crippen LogP contribution in [0.5, 0.6) is 0 Å². The highest BCUT2D eigenvalue weighted by Crippen LogP contribution is 2.25. The van der Waals surface area contributed by atoms with Crippen molar-refractivity contribution in [1.29, 1.82) is 0 Å². The van der Waals surface area contributed by atoms with E-state index in [0.29, 0.717) is 5.69 Å². The fourth-order valence-electron chi connectivity index (χ4n) is 2.96. The Morgan fingerprint density at radius 3 is 2.74 bits per heavy atom. The van der Waals surface area contributed by atoms with Crippen molar-refractivity contribution in [1.82, 2.24) is 19.5 Å². The number of nitrogens with two attached hydrogens (primary N) is 1. The molecule has 3 heterocycles. The molecule has 118 valence electrons. The first kappa shape index (κ1) is 14.0. The summed E-state index contributed by atoms with van der Waals surface area (Å²) in [4.78, 5) is 9.09. The Kier molecular flexibility index (Phi) is 3.38. The monoisotopic (exact) mass is 308 g/mol. The van der Waals surface area contributed by atoms with Crippen molar-refractivity contribution in [3.63, 3.8) is 0 Å². The Bertz CT molecular complexity index is 832. The van der Waals surface area contributed by atoms with Gasteiger partial charge in [-0.1, -0.05) is 12.1 Å². The van der Waals surface area contributed by atoms with Crippen LogP contribution in [0.3, 0.4) is 0 Å². The van der Waals surface area contributed by atoms with Crippen LogP contribution in [0.4, 0.5) is 11.4 Å². The van der Waals surface area contributed by atoms with Crippen LogP contribution in [0, 0.1) is 0 Å². The van der Waals surface area contributed by atoms with Gasteiger partial charge in [0.1, 0.15) is 0 Å². The first-order valence-electron chi connectivity index (χ1n) is 7.84. The van der Waals surface area contributed by atoms with Gasteiger partial charge < -0.3 is 15.5 Å². The second-order valence-corrected chi connectivity index (χ2v) is 6.06. The maximum Gasteiger partial charge on any atom is 0.155 e. The number of nitrogens with zero attached hydrogens (tertiary/aromatic N) is 5. The number of fused-ring (bicyclic) bond motifs is 1. The minimum absolute atomic E-state index is 0.610. The van der Waals surface area contributed by atoms with E-state index in [9.17, 15) is 0 Å². The molecule has 0 bridgehead atoms. The predicted molar refractivity (Wildman–Crippen MR) is 92.5 cm³/mol. The van der Waals surface area contributed by atoms with Crippen LogP contribution in [0.2, 0.25) is 0 Å². The van der Waals surface area contributed by atoms with Gasteiger partial charge in [0.15, 0.2) is 5.65 Å². The van der Waals surface area contributed by atoms with Crippen molar-refractivity contribution in [2.45, 2.75) is 0 Å². The molecule has 0 atom stereocenters. The molecule has 0 spiro atoms. The Morgan fingerprint density at radius 2 is 1.91 bits per heavy atom. The molecule has 1 saturated heterocycles. The molecule has 1 aromatic carbocycles. The fraction of sp³-hybridized carbons (Fsp3) is 0.294. The van der Waals surface area contributed by atoms with Gasteiger partial charge in [0.2, 0.25) is 0 Å². The van der Waals surface area contributed by atoms with E-state index in [1.165, 1.54) is 5.69 Å². The van der Waals surface area contributed by atoms with Crippen molar-refractivity contribution >= 4 is 17.0 Å². The van der Waals surface area contributed by atoms with Gasteiger partial charge in [-0.3, -0.25) is 0 Å².